The van der Waals surface area contributed by atoms with Gasteiger partial charge in [-0.25, -0.2) is 8.42 Å². The first-order chi connectivity index (χ1) is 13.6. The zero-order valence-corrected chi connectivity index (χ0v) is 16.8. The van der Waals surface area contributed by atoms with E-state index in [-0.39, 0.29) is 6.04 Å². The fourth-order valence-corrected chi connectivity index (χ4v) is 5.91. The molecule has 0 N–H and O–H groups in total. The van der Waals surface area contributed by atoms with Gasteiger partial charge in [0.1, 0.15) is 0 Å². The molecule has 3 aromatic rings. The Labute approximate surface area is 166 Å². The smallest absolute Gasteiger partial charge is 0.265 e. The maximum Gasteiger partial charge on any atom is 0.265 e. The Bertz CT molecular complexity index is 1040. The molecule has 5 nitrogen and oxygen atoms in total. The average Bonchev–Trinajstić information content (AvgIpc) is 2.74. The Kier molecular flexibility index (Phi) is 5.33. The lowest BCUT2D eigenvalue weighted by Gasteiger charge is -2.38. The second-order valence-electron chi connectivity index (χ2n) is 7.13. The van der Waals surface area contributed by atoms with E-state index in [2.05, 4.69) is 16.8 Å². The van der Waals surface area contributed by atoms with Crippen molar-refractivity contribution in [1.29, 1.82) is 0 Å². The molecule has 2 heterocycles. The SMILES string of the molecule is CCN1CCC(N(c2ccccc2)S(=O)(=O)c2cccc3ncccc23)CC1. The lowest BCUT2D eigenvalue weighted by atomic mass is 10.0. The van der Waals surface area contributed by atoms with Crippen LogP contribution in [0.3, 0.4) is 0 Å². The van der Waals surface area contributed by atoms with Gasteiger partial charge in [-0.1, -0.05) is 31.2 Å². The Morgan fingerprint density at radius 2 is 1.75 bits per heavy atom. The number of aromatic nitrogens is 1. The maximum atomic E-state index is 13.9. The van der Waals surface area contributed by atoms with Crippen molar-refractivity contribution in [3.63, 3.8) is 0 Å². The monoisotopic (exact) mass is 395 g/mol. The highest BCUT2D eigenvalue weighted by Gasteiger charge is 2.34. The largest absolute Gasteiger partial charge is 0.303 e. The van der Waals surface area contributed by atoms with Gasteiger partial charge in [-0.2, -0.15) is 0 Å². The van der Waals surface area contributed by atoms with E-state index in [1.807, 2.05) is 42.5 Å². The molecule has 4 rings (SSSR count). The highest BCUT2D eigenvalue weighted by atomic mass is 32.2. The molecule has 1 aliphatic rings. The summed E-state index contributed by atoms with van der Waals surface area (Å²) < 4.78 is 29.4. The van der Waals surface area contributed by atoms with E-state index in [9.17, 15) is 8.42 Å². The van der Waals surface area contributed by atoms with Crippen LogP contribution < -0.4 is 4.31 Å². The van der Waals surface area contributed by atoms with Crippen molar-refractivity contribution in [3.05, 3.63) is 66.9 Å². The molecule has 1 aliphatic heterocycles. The summed E-state index contributed by atoms with van der Waals surface area (Å²) in [6.07, 6.45) is 3.34. The highest BCUT2D eigenvalue weighted by molar-refractivity contribution is 7.93. The summed E-state index contributed by atoms with van der Waals surface area (Å²) in [4.78, 5) is 7.02. The Hall–Kier alpha value is -2.44. The number of hydrogen-bond acceptors (Lipinski definition) is 4. The van der Waals surface area contributed by atoms with Gasteiger partial charge in [0, 0.05) is 30.7 Å². The van der Waals surface area contributed by atoms with Gasteiger partial charge in [-0.3, -0.25) is 9.29 Å². The van der Waals surface area contributed by atoms with E-state index < -0.39 is 10.0 Å². The molecule has 0 unspecified atom stereocenters. The van der Waals surface area contributed by atoms with Gasteiger partial charge in [0.05, 0.1) is 16.1 Å². The van der Waals surface area contributed by atoms with E-state index in [0.717, 1.165) is 38.2 Å². The number of benzene rings is 2. The fourth-order valence-electron chi connectivity index (χ4n) is 4.00. The number of rotatable bonds is 5. The van der Waals surface area contributed by atoms with Gasteiger partial charge >= 0.3 is 0 Å². The Balaban J connectivity index is 1.81. The van der Waals surface area contributed by atoms with Gasteiger partial charge in [0.2, 0.25) is 0 Å². The Morgan fingerprint density at radius 1 is 1.00 bits per heavy atom. The van der Waals surface area contributed by atoms with Gasteiger partial charge < -0.3 is 4.90 Å². The maximum absolute atomic E-state index is 13.9. The summed E-state index contributed by atoms with van der Waals surface area (Å²) in [5.74, 6) is 0. The molecule has 1 fully saturated rings. The lowest BCUT2D eigenvalue weighted by molar-refractivity contribution is 0.224. The minimum atomic E-state index is -3.73. The molecule has 1 saturated heterocycles. The standard InChI is InChI=1S/C22H25N3O2S/c1-2-24-16-13-19(14-17-24)25(18-8-4-3-5-9-18)28(26,27)22-12-6-11-21-20(22)10-7-15-23-21/h3-12,15,19H,2,13-14,16-17H2,1H3. The molecule has 0 spiro atoms. The molecule has 1 aromatic heterocycles. The molecule has 0 amide bonds. The van der Waals surface area contributed by atoms with Crippen molar-refractivity contribution in [1.82, 2.24) is 9.88 Å². The molecule has 0 atom stereocenters. The lowest BCUT2D eigenvalue weighted by Crippen LogP contribution is -2.47. The number of fused-ring (bicyclic) bond motifs is 1. The minimum Gasteiger partial charge on any atom is -0.303 e. The third-order valence-corrected chi connectivity index (χ3v) is 7.43. The molecule has 146 valence electrons. The molecular formula is C22H25N3O2S. The molecule has 0 bridgehead atoms. The number of pyridine rings is 1. The number of para-hydroxylation sites is 1. The average molecular weight is 396 g/mol. The summed E-state index contributed by atoms with van der Waals surface area (Å²) in [6, 6.07) is 18.3. The predicted molar refractivity (Wildman–Crippen MR) is 113 cm³/mol. The van der Waals surface area contributed by atoms with Gasteiger partial charge in [0.15, 0.2) is 0 Å². The van der Waals surface area contributed by atoms with Gasteiger partial charge in [-0.15, -0.1) is 0 Å². The topological polar surface area (TPSA) is 53.5 Å². The van der Waals surface area contributed by atoms with Crippen LogP contribution in [0, 0.1) is 0 Å². The number of nitrogens with zero attached hydrogens (tertiary/aromatic N) is 3. The second kappa shape index (κ2) is 7.89. The summed E-state index contributed by atoms with van der Waals surface area (Å²) in [6.45, 7) is 4.98. The summed E-state index contributed by atoms with van der Waals surface area (Å²) in [5.41, 5.74) is 1.41. The summed E-state index contributed by atoms with van der Waals surface area (Å²) in [5, 5.41) is 0.664. The van der Waals surface area contributed by atoms with E-state index >= 15 is 0 Å². The molecule has 0 saturated carbocycles. The number of hydrogen-bond donors (Lipinski definition) is 0. The van der Waals surface area contributed by atoms with E-state index in [1.165, 1.54) is 0 Å². The first-order valence-corrected chi connectivity index (χ1v) is 11.2. The van der Waals surface area contributed by atoms with Gasteiger partial charge in [0.25, 0.3) is 10.0 Å². The van der Waals surface area contributed by atoms with E-state index in [1.54, 1.807) is 28.7 Å². The first-order valence-electron chi connectivity index (χ1n) is 9.77. The zero-order valence-electron chi connectivity index (χ0n) is 16.0. The van der Waals surface area contributed by atoms with Crippen molar-refractivity contribution in [2.24, 2.45) is 0 Å². The number of likely N-dealkylation sites (tertiary alicyclic amines) is 1. The fraction of sp³-hybridized carbons (Fsp3) is 0.318. The highest BCUT2D eigenvalue weighted by Crippen LogP contribution is 2.33. The zero-order chi connectivity index (χ0) is 19.6. The van der Waals surface area contributed by atoms with Crippen molar-refractivity contribution < 1.29 is 8.42 Å². The first kappa shape index (κ1) is 18.9. The van der Waals surface area contributed by atoms with Crippen LogP contribution in [0.2, 0.25) is 0 Å². The number of piperidine rings is 1. The quantitative estimate of drug-likeness (QED) is 0.657. The van der Waals surface area contributed by atoms with Crippen LogP contribution in [0.15, 0.2) is 71.8 Å². The van der Waals surface area contributed by atoms with Crippen LogP contribution >= 0.6 is 0 Å². The summed E-state index contributed by atoms with van der Waals surface area (Å²) >= 11 is 0. The molecule has 28 heavy (non-hydrogen) atoms. The normalized spacial score (nSPS) is 16.3. The predicted octanol–water partition coefficient (Wildman–Crippen LogP) is 3.91. The van der Waals surface area contributed by atoms with E-state index in [0.29, 0.717) is 15.8 Å². The number of sulfonamides is 1. The second-order valence-corrected chi connectivity index (χ2v) is 8.91. The van der Waals surface area contributed by atoms with Crippen LogP contribution in [0.5, 0.6) is 0 Å². The third kappa shape index (κ3) is 3.50. The minimum absolute atomic E-state index is 0.0536. The molecule has 0 radical (unpaired) electrons. The van der Waals surface area contributed by atoms with E-state index in [4.69, 9.17) is 0 Å². The van der Waals surface area contributed by atoms with Crippen LogP contribution in [-0.4, -0.2) is 44.0 Å². The van der Waals surface area contributed by atoms with Crippen molar-refractivity contribution in [3.8, 4) is 0 Å². The van der Waals surface area contributed by atoms with Crippen LogP contribution in [0.1, 0.15) is 19.8 Å². The number of anilines is 1. The third-order valence-electron chi connectivity index (χ3n) is 5.49. The van der Waals surface area contributed by atoms with Crippen molar-refractivity contribution >= 4 is 26.6 Å². The van der Waals surface area contributed by atoms with Crippen LogP contribution in [0.4, 0.5) is 5.69 Å². The van der Waals surface area contributed by atoms with Crippen molar-refractivity contribution in [2.75, 3.05) is 23.9 Å². The molecular weight excluding hydrogens is 370 g/mol. The molecule has 6 heteroatoms. The van der Waals surface area contributed by atoms with Crippen LogP contribution in [-0.2, 0) is 10.0 Å². The van der Waals surface area contributed by atoms with Crippen molar-refractivity contribution in [2.45, 2.75) is 30.7 Å². The van der Waals surface area contributed by atoms with Crippen LogP contribution in [0.25, 0.3) is 10.9 Å². The van der Waals surface area contributed by atoms with Gasteiger partial charge in [-0.05, 0) is 55.8 Å². The molecule has 2 aromatic carbocycles. The Morgan fingerprint density at radius 3 is 2.46 bits per heavy atom. The summed E-state index contributed by atoms with van der Waals surface area (Å²) in [7, 11) is -3.73. The molecule has 0 aliphatic carbocycles.